The van der Waals surface area contributed by atoms with E-state index in [-0.39, 0.29) is 35.6 Å². The van der Waals surface area contributed by atoms with E-state index in [9.17, 15) is 28.3 Å². The normalized spacial score (nSPS) is 12.7. The molecular formula is C23H21F2N5O5. The number of aromatic amines is 1. The Hall–Kier alpha value is -4.48. The number of nitrogens with one attached hydrogen (secondary N) is 2. The number of phenolic OH excluding ortho intramolecular Hbond substituents is 1. The summed E-state index contributed by atoms with van der Waals surface area (Å²) >= 11 is 0. The second-order valence-corrected chi connectivity index (χ2v) is 7.91. The third kappa shape index (κ3) is 4.76. The first kappa shape index (κ1) is 23.7. The Kier molecular flexibility index (Phi) is 6.36. The number of pyridine rings is 1. The zero-order valence-electron chi connectivity index (χ0n) is 18.8. The fourth-order valence-electron chi connectivity index (χ4n) is 3.70. The van der Waals surface area contributed by atoms with Crippen molar-refractivity contribution < 1.29 is 23.4 Å². The van der Waals surface area contributed by atoms with Gasteiger partial charge in [-0.1, -0.05) is 0 Å². The summed E-state index contributed by atoms with van der Waals surface area (Å²) in [6.45, 7) is -0.121. The lowest BCUT2D eigenvalue weighted by Crippen LogP contribution is -2.42. The second-order valence-electron chi connectivity index (χ2n) is 7.91. The van der Waals surface area contributed by atoms with E-state index in [1.807, 2.05) is 0 Å². The van der Waals surface area contributed by atoms with Crippen LogP contribution in [-0.4, -0.2) is 46.3 Å². The van der Waals surface area contributed by atoms with Gasteiger partial charge in [0, 0.05) is 38.0 Å². The number of carbonyl (C=O) groups is 1. The number of nitrogens with zero attached hydrogens (tertiary/aromatic N) is 3. The standard InChI is InChI=1S/C23H21F2N5O5/c1-29-11-14(21(32)27-9-12-3-4-26-18(7-12)35-2)8-15-20(29)28-23(34)30(22(15)33)10-13-5-16(24)19(31)17(25)6-13/h3-8,31H,9-11H2,1-2H3,(H,27,32)(H,28,34). The molecule has 0 atom stereocenters. The predicted octanol–water partition coefficient (Wildman–Crippen LogP) is 1.12. The van der Waals surface area contributed by atoms with Crippen molar-refractivity contribution in [1.29, 1.82) is 0 Å². The van der Waals surface area contributed by atoms with Gasteiger partial charge in [0.15, 0.2) is 17.4 Å². The molecule has 3 aromatic rings. The maximum atomic E-state index is 13.7. The number of H-pyrrole nitrogens is 1. The minimum atomic E-state index is -1.21. The van der Waals surface area contributed by atoms with Crippen molar-refractivity contribution in [2.24, 2.45) is 0 Å². The Morgan fingerprint density at radius 1 is 1.23 bits per heavy atom. The van der Waals surface area contributed by atoms with Gasteiger partial charge in [-0.25, -0.2) is 18.6 Å². The second kappa shape index (κ2) is 9.41. The number of likely N-dealkylation sites (N-methyl/N-ethyl adjacent to an activating group) is 1. The lowest BCUT2D eigenvalue weighted by molar-refractivity contribution is -0.117. The van der Waals surface area contributed by atoms with Crippen molar-refractivity contribution in [3.63, 3.8) is 0 Å². The highest BCUT2D eigenvalue weighted by atomic mass is 19.1. The first-order chi connectivity index (χ1) is 16.7. The molecule has 182 valence electrons. The smallest absolute Gasteiger partial charge is 0.330 e. The highest BCUT2D eigenvalue weighted by molar-refractivity contribution is 6.00. The van der Waals surface area contributed by atoms with Gasteiger partial charge >= 0.3 is 5.69 Å². The van der Waals surface area contributed by atoms with Crippen LogP contribution in [0.3, 0.4) is 0 Å². The average molecular weight is 485 g/mol. The molecule has 1 amide bonds. The van der Waals surface area contributed by atoms with E-state index in [2.05, 4.69) is 15.3 Å². The van der Waals surface area contributed by atoms with Gasteiger partial charge in [-0.2, -0.15) is 0 Å². The number of aromatic nitrogens is 3. The molecule has 0 saturated heterocycles. The van der Waals surface area contributed by atoms with Gasteiger partial charge in [0.05, 0.1) is 19.2 Å². The van der Waals surface area contributed by atoms with Gasteiger partial charge in [0.2, 0.25) is 11.8 Å². The summed E-state index contributed by atoms with van der Waals surface area (Å²) in [5.41, 5.74) is -0.484. The molecule has 0 radical (unpaired) electrons. The molecule has 0 bridgehead atoms. The monoisotopic (exact) mass is 485 g/mol. The number of amides is 1. The van der Waals surface area contributed by atoms with Crippen LogP contribution < -0.4 is 26.2 Å². The number of phenols is 1. The number of halogens is 2. The van der Waals surface area contributed by atoms with Gasteiger partial charge in [-0.05, 0) is 35.4 Å². The first-order valence-corrected chi connectivity index (χ1v) is 10.4. The summed E-state index contributed by atoms with van der Waals surface area (Å²) in [5, 5.41) is 12.0. The third-order valence-electron chi connectivity index (χ3n) is 5.48. The minimum Gasteiger partial charge on any atom is -0.503 e. The Labute approximate surface area is 197 Å². The van der Waals surface area contributed by atoms with Crippen molar-refractivity contribution in [2.75, 3.05) is 25.6 Å². The van der Waals surface area contributed by atoms with Crippen molar-refractivity contribution >= 4 is 17.8 Å². The summed E-state index contributed by atoms with van der Waals surface area (Å²) in [4.78, 5) is 46.6. The van der Waals surface area contributed by atoms with Crippen molar-refractivity contribution in [3.8, 4) is 11.6 Å². The molecule has 3 heterocycles. The number of fused-ring (bicyclic) bond motifs is 1. The molecule has 1 aliphatic rings. The topological polar surface area (TPSA) is 130 Å². The molecule has 10 nitrogen and oxygen atoms in total. The molecule has 3 N–H and O–H groups in total. The third-order valence-corrected chi connectivity index (χ3v) is 5.48. The van der Waals surface area contributed by atoms with Crippen LogP contribution in [-0.2, 0) is 17.9 Å². The molecule has 35 heavy (non-hydrogen) atoms. The van der Waals surface area contributed by atoms with E-state index in [4.69, 9.17) is 4.74 Å². The SMILES string of the molecule is COc1cc(CNC(=O)C2=Cc3c([nH]c(=O)n(Cc4cc(F)c(O)c(F)c4)c3=O)N(C)C2)ccn1. The van der Waals surface area contributed by atoms with Gasteiger partial charge in [0.1, 0.15) is 5.82 Å². The molecule has 0 unspecified atom stereocenters. The summed E-state index contributed by atoms with van der Waals surface area (Å²) in [6, 6.07) is 5.06. The highest BCUT2D eigenvalue weighted by Gasteiger charge is 2.24. The molecule has 1 aliphatic heterocycles. The Morgan fingerprint density at radius 3 is 2.63 bits per heavy atom. The fourth-order valence-corrected chi connectivity index (χ4v) is 3.70. The number of hydrogen-bond acceptors (Lipinski definition) is 7. The van der Waals surface area contributed by atoms with E-state index in [1.54, 1.807) is 30.3 Å². The van der Waals surface area contributed by atoms with Crippen LogP contribution in [0.25, 0.3) is 6.08 Å². The van der Waals surface area contributed by atoms with Crippen LogP contribution in [0.1, 0.15) is 16.7 Å². The van der Waals surface area contributed by atoms with Crippen LogP contribution in [0.4, 0.5) is 14.6 Å². The Bertz CT molecular complexity index is 1440. The number of benzene rings is 1. The van der Waals surface area contributed by atoms with Crippen LogP contribution >= 0.6 is 0 Å². The zero-order valence-corrected chi connectivity index (χ0v) is 18.8. The lowest BCUT2D eigenvalue weighted by Gasteiger charge is -2.26. The van der Waals surface area contributed by atoms with E-state index in [1.165, 1.54) is 13.2 Å². The molecule has 4 rings (SSSR count). The number of rotatable bonds is 6. The van der Waals surface area contributed by atoms with Gasteiger partial charge in [-0.3, -0.25) is 19.1 Å². The number of hydrogen-bond donors (Lipinski definition) is 3. The number of methoxy groups -OCH3 is 1. The van der Waals surface area contributed by atoms with Crippen LogP contribution in [0.2, 0.25) is 0 Å². The zero-order chi connectivity index (χ0) is 25.3. The molecule has 0 spiro atoms. The number of ether oxygens (including phenoxy) is 1. The fraction of sp³-hybridized carbons (Fsp3) is 0.217. The number of aromatic hydroxyl groups is 1. The van der Waals surface area contributed by atoms with Gasteiger partial charge in [-0.15, -0.1) is 0 Å². The van der Waals surface area contributed by atoms with Gasteiger partial charge in [0.25, 0.3) is 5.56 Å². The number of carbonyl (C=O) groups excluding carboxylic acids is 1. The Balaban J connectivity index is 1.63. The Morgan fingerprint density at radius 2 is 1.94 bits per heavy atom. The van der Waals surface area contributed by atoms with Gasteiger partial charge < -0.3 is 20.1 Å². The van der Waals surface area contributed by atoms with E-state index >= 15 is 0 Å². The maximum absolute atomic E-state index is 13.7. The molecule has 0 saturated carbocycles. The van der Waals surface area contributed by atoms with E-state index in [0.717, 1.165) is 22.3 Å². The van der Waals surface area contributed by atoms with E-state index < -0.39 is 41.1 Å². The largest absolute Gasteiger partial charge is 0.503 e. The van der Waals surface area contributed by atoms with Crippen molar-refractivity contribution in [3.05, 3.63) is 85.2 Å². The molecule has 12 heteroatoms. The first-order valence-electron chi connectivity index (χ1n) is 10.4. The summed E-state index contributed by atoms with van der Waals surface area (Å²) in [6.07, 6.45) is 2.93. The quantitative estimate of drug-likeness (QED) is 0.477. The lowest BCUT2D eigenvalue weighted by atomic mass is 10.1. The van der Waals surface area contributed by atoms with Crippen LogP contribution in [0.5, 0.6) is 11.6 Å². The predicted molar refractivity (Wildman–Crippen MR) is 122 cm³/mol. The highest BCUT2D eigenvalue weighted by Crippen LogP contribution is 2.23. The molecular weight excluding hydrogens is 464 g/mol. The summed E-state index contributed by atoms with van der Waals surface area (Å²) in [5.74, 6) is -3.38. The van der Waals surface area contributed by atoms with Crippen molar-refractivity contribution in [2.45, 2.75) is 13.1 Å². The minimum absolute atomic E-state index is 0.0377. The van der Waals surface area contributed by atoms with Crippen molar-refractivity contribution in [1.82, 2.24) is 19.9 Å². The summed E-state index contributed by atoms with van der Waals surface area (Å²) < 4.78 is 33.3. The van der Waals surface area contributed by atoms with Crippen LogP contribution in [0, 0.1) is 11.6 Å². The summed E-state index contributed by atoms with van der Waals surface area (Å²) in [7, 11) is 3.09. The average Bonchev–Trinajstić information content (AvgIpc) is 2.84. The molecule has 1 aromatic carbocycles. The number of anilines is 1. The van der Waals surface area contributed by atoms with Crippen LogP contribution in [0.15, 0.2) is 45.6 Å². The molecule has 0 aliphatic carbocycles. The maximum Gasteiger partial charge on any atom is 0.330 e. The molecule has 0 fully saturated rings. The molecule has 2 aromatic heterocycles. The van der Waals surface area contributed by atoms with E-state index in [0.29, 0.717) is 5.88 Å².